The zero-order chi connectivity index (χ0) is 16.1. The van der Waals surface area contributed by atoms with Crippen LogP contribution in [0.25, 0.3) is 5.76 Å². The lowest BCUT2D eigenvalue weighted by Gasteiger charge is -2.03. The Morgan fingerprint density at radius 2 is 1.65 bits per heavy atom. The van der Waals surface area contributed by atoms with E-state index in [1.54, 1.807) is 0 Å². The van der Waals surface area contributed by atoms with Gasteiger partial charge in [0.1, 0.15) is 5.76 Å². The van der Waals surface area contributed by atoms with Crippen molar-refractivity contribution in [1.82, 2.24) is 10.2 Å². The molecular weight excluding hydrogens is 308 g/mol. The highest BCUT2D eigenvalue weighted by molar-refractivity contribution is 8.03. The van der Waals surface area contributed by atoms with Crippen molar-refractivity contribution >= 4 is 17.5 Å². The third-order valence-electron chi connectivity index (χ3n) is 3.27. The van der Waals surface area contributed by atoms with Crippen LogP contribution in [0.5, 0.6) is 0 Å². The maximum atomic E-state index is 10.3. The van der Waals surface area contributed by atoms with Crippen molar-refractivity contribution in [2.75, 3.05) is 0 Å². The Hall–Kier alpha value is -2.53. The van der Waals surface area contributed by atoms with E-state index >= 15 is 0 Å². The molecule has 0 aliphatic heterocycles. The first-order valence-corrected chi connectivity index (χ1v) is 8.03. The minimum absolute atomic E-state index is 0.221. The molecule has 3 rings (SSSR count). The summed E-state index contributed by atoms with van der Waals surface area (Å²) in [5.41, 5.74) is 1.88. The highest BCUT2D eigenvalue weighted by Crippen LogP contribution is 2.30. The maximum absolute atomic E-state index is 10.3. The molecular formula is C18H16N2O2S. The summed E-state index contributed by atoms with van der Waals surface area (Å²) in [6.45, 7) is 1.83. The van der Waals surface area contributed by atoms with Gasteiger partial charge in [-0.15, -0.1) is 10.2 Å². The number of hydrogen-bond donors (Lipinski definition) is 1. The van der Waals surface area contributed by atoms with Crippen LogP contribution in [0.15, 0.2) is 75.2 Å². The summed E-state index contributed by atoms with van der Waals surface area (Å²) in [4.78, 5) is 0.714. The van der Waals surface area contributed by atoms with E-state index in [0.29, 0.717) is 22.4 Å². The second-order valence-corrected chi connectivity index (χ2v) is 6.16. The molecule has 0 atom stereocenters. The van der Waals surface area contributed by atoms with Crippen LogP contribution in [-0.4, -0.2) is 15.3 Å². The van der Waals surface area contributed by atoms with Crippen molar-refractivity contribution in [2.24, 2.45) is 0 Å². The molecule has 0 saturated heterocycles. The Labute approximate surface area is 138 Å². The fourth-order valence-corrected chi connectivity index (χ4v) is 2.80. The highest BCUT2D eigenvalue weighted by atomic mass is 32.2. The second-order valence-electron chi connectivity index (χ2n) is 5.00. The molecule has 1 N–H and O–H groups in total. The predicted molar refractivity (Wildman–Crippen MR) is 91.1 cm³/mol. The molecule has 4 nitrogen and oxygen atoms in total. The Morgan fingerprint density at radius 3 is 2.35 bits per heavy atom. The van der Waals surface area contributed by atoms with Crippen LogP contribution in [0.2, 0.25) is 0 Å². The monoisotopic (exact) mass is 324 g/mol. The van der Waals surface area contributed by atoms with E-state index in [0.717, 1.165) is 11.1 Å². The number of hydrogen-bond acceptors (Lipinski definition) is 5. The number of aliphatic hydroxyl groups is 1. The maximum Gasteiger partial charge on any atom is 0.281 e. The molecule has 0 amide bonds. The van der Waals surface area contributed by atoms with Gasteiger partial charge in [0.25, 0.3) is 5.22 Å². The number of aliphatic hydroxyl groups excluding tert-OH is 1. The fraction of sp³-hybridized carbons (Fsp3) is 0.111. The van der Waals surface area contributed by atoms with Gasteiger partial charge in [-0.3, -0.25) is 0 Å². The lowest BCUT2D eigenvalue weighted by molar-refractivity contribution is 0.420. The predicted octanol–water partition coefficient (Wildman–Crippen LogP) is 4.70. The highest BCUT2D eigenvalue weighted by Gasteiger charge is 2.11. The number of aromatic nitrogens is 2. The van der Waals surface area contributed by atoms with Crippen LogP contribution in [0.3, 0.4) is 0 Å². The standard InChI is InChI=1S/C18H16N2O2S/c1-13(17(21)15-10-6-3-7-11-15)23-18-20-19-16(22-18)12-14-8-4-2-5-9-14/h2-11,21H,12H2,1H3. The van der Waals surface area contributed by atoms with E-state index in [1.165, 1.54) is 11.8 Å². The number of rotatable bonds is 5. The molecule has 0 aliphatic rings. The molecule has 116 valence electrons. The van der Waals surface area contributed by atoms with Gasteiger partial charge < -0.3 is 9.52 Å². The second kappa shape index (κ2) is 7.15. The molecule has 1 heterocycles. The number of allylic oxidation sites excluding steroid dienone is 1. The molecule has 3 aromatic rings. The van der Waals surface area contributed by atoms with Crippen molar-refractivity contribution in [1.29, 1.82) is 0 Å². The minimum Gasteiger partial charge on any atom is -0.506 e. The normalized spacial score (nSPS) is 12.0. The van der Waals surface area contributed by atoms with E-state index in [1.807, 2.05) is 67.6 Å². The fourth-order valence-electron chi connectivity index (χ4n) is 2.10. The van der Waals surface area contributed by atoms with E-state index < -0.39 is 0 Å². The molecule has 0 spiro atoms. The summed E-state index contributed by atoms with van der Waals surface area (Å²) in [6, 6.07) is 19.3. The van der Waals surface area contributed by atoms with Gasteiger partial charge in [-0.2, -0.15) is 0 Å². The molecule has 0 aliphatic carbocycles. The van der Waals surface area contributed by atoms with Crippen LogP contribution in [0, 0.1) is 0 Å². The first-order chi connectivity index (χ1) is 11.2. The summed E-state index contributed by atoms with van der Waals surface area (Å²) >= 11 is 1.27. The van der Waals surface area contributed by atoms with Crippen molar-refractivity contribution in [3.63, 3.8) is 0 Å². The molecule has 1 aromatic heterocycles. The van der Waals surface area contributed by atoms with Gasteiger partial charge in [0, 0.05) is 10.5 Å². The van der Waals surface area contributed by atoms with E-state index in [2.05, 4.69) is 10.2 Å². The van der Waals surface area contributed by atoms with Crippen LogP contribution < -0.4 is 0 Å². The van der Waals surface area contributed by atoms with Crippen molar-refractivity contribution in [2.45, 2.75) is 18.6 Å². The summed E-state index contributed by atoms with van der Waals surface area (Å²) in [7, 11) is 0. The summed E-state index contributed by atoms with van der Waals surface area (Å²) in [5, 5.41) is 18.8. The quantitative estimate of drug-likeness (QED) is 0.544. The Kier molecular flexibility index (Phi) is 4.78. The summed E-state index contributed by atoms with van der Waals surface area (Å²) < 4.78 is 5.64. The SMILES string of the molecule is CC(Sc1nnc(Cc2ccccc2)o1)=C(O)c1ccccc1. The third-order valence-corrected chi connectivity index (χ3v) is 4.11. The Bertz CT molecular complexity index is 798. The van der Waals surface area contributed by atoms with Gasteiger partial charge in [0.05, 0.1) is 6.42 Å². The third kappa shape index (κ3) is 4.02. The largest absolute Gasteiger partial charge is 0.506 e. The number of benzene rings is 2. The first kappa shape index (κ1) is 15.4. The Balaban J connectivity index is 1.71. The van der Waals surface area contributed by atoms with E-state index in [4.69, 9.17) is 4.42 Å². The van der Waals surface area contributed by atoms with Crippen LogP contribution in [0.1, 0.15) is 23.9 Å². The van der Waals surface area contributed by atoms with E-state index in [-0.39, 0.29) is 5.76 Å². The zero-order valence-corrected chi connectivity index (χ0v) is 13.5. The number of thioether (sulfide) groups is 1. The van der Waals surface area contributed by atoms with Gasteiger partial charge in [0.2, 0.25) is 5.89 Å². The van der Waals surface area contributed by atoms with Gasteiger partial charge in [0.15, 0.2) is 0 Å². The molecule has 23 heavy (non-hydrogen) atoms. The summed E-state index contributed by atoms with van der Waals surface area (Å²) in [5.74, 6) is 0.782. The van der Waals surface area contributed by atoms with Gasteiger partial charge >= 0.3 is 0 Å². The van der Waals surface area contributed by atoms with E-state index in [9.17, 15) is 5.11 Å². The minimum atomic E-state index is 0.221. The molecule has 0 fully saturated rings. The smallest absolute Gasteiger partial charge is 0.281 e. The van der Waals surface area contributed by atoms with Crippen LogP contribution >= 0.6 is 11.8 Å². The topological polar surface area (TPSA) is 59.2 Å². The molecule has 5 heteroatoms. The average molecular weight is 324 g/mol. The molecule has 0 bridgehead atoms. The van der Waals surface area contributed by atoms with Crippen LogP contribution in [-0.2, 0) is 6.42 Å². The van der Waals surface area contributed by atoms with Crippen molar-refractivity contribution < 1.29 is 9.52 Å². The molecule has 2 aromatic carbocycles. The first-order valence-electron chi connectivity index (χ1n) is 7.22. The summed E-state index contributed by atoms with van der Waals surface area (Å²) in [6.07, 6.45) is 0.599. The molecule has 0 unspecified atom stereocenters. The lowest BCUT2D eigenvalue weighted by Crippen LogP contribution is -1.87. The lowest BCUT2D eigenvalue weighted by atomic mass is 10.2. The van der Waals surface area contributed by atoms with Crippen molar-refractivity contribution in [3.05, 3.63) is 82.6 Å². The average Bonchev–Trinajstić information content (AvgIpc) is 3.02. The van der Waals surface area contributed by atoms with Crippen molar-refractivity contribution in [3.8, 4) is 0 Å². The molecule has 0 saturated carbocycles. The zero-order valence-electron chi connectivity index (χ0n) is 12.6. The van der Waals surface area contributed by atoms with Gasteiger partial charge in [-0.05, 0) is 24.2 Å². The number of nitrogens with zero attached hydrogens (tertiary/aromatic N) is 2. The van der Waals surface area contributed by atoms with Crippen LogP contribution in [0.4, 0.5) is 0 Å². The Morgan fingerprint density at radius 1 is 1.00 bits per heavy atom. The molecule has 0 radical (unpaired) electrons. The van der Waals surface area contributed by atoms with Gasteiger partial charge in [-0.25, -0.2) is 0 Å². The van der Waals surface area contributed by atoms with Gasteiger partial charge in [-0.1, -0.05) is 60.7 Å².